The molecule has 0 unspecified atom stereocenters. The van der Waals surface area contributed by atoms with E-state index in [0.29, 0.717) is 12.8 Å². The molecule has 0 aromatic rings. The zero-order chi connectivity index (χ0) is 27.1. The van der Waals surface area contributed by atoms with E-state index < -0.39 is 0 Å². The van der Waals surface area contributed by atoms with Gasteiger partial charge in [0.15, 0.2) is 0 Å². The topological polar surface area (TPSA) is 58.2 Å². The summed E-state index contributed by atoms with van der Waals surface area (Å²) in [6, 6.07) is 0. The molecule has 2 N–H and O–H groups in total. The van der Waals surface area contributed by atoms with Crippen molar-refractivity contribution in [1.29, 1.82) is 0 Å². The number of nitrogens with one attached hydrogen (secondary N) is 2. The Morgan fingerprint density at radius 3 is 0.811 bits per heavy atom. The van der Waals surface area contributed by atoms with Crippen molar-refractivity contribution in [2.24, 2.45) is 0 Å². The van der Waals surface area contributed by atoms with Gasteiger partial charge in [0, 0.05) is 12.8 Å². The summed E-state index contributed by atoms with van der Waals surface area (Å²) in [6.45, 7) is 4.82. The van der Waals surface area contributed by atoms with Crippen molar-refractivity contribution in [1.82, 2.24) is 10.6 Å². The minimum Gasteiger partial charge on any atom is -0.339 e. The molecule has 0 rings (SSSR count). The fraction of sp³-hybridized carbons (Fsp3) is 0.939. The first-order valence-electron chi connectivity index (χ1n) is 16.7. The Labute approximate surface area is 232 Å². The Bertz CT molecular complexity index is 439. The van der Waals surface area contributed by atoms with Crippen molar-refractivity contribution in [3.63, 3.8) is 0 Å². The molecule has 4 heteroatoms. The van der Waals surface area contributed by atoms with E-state index in [1.54, 1.807) is 0 Å². The maximum Gasteiger partial charge on any atom is 0.221 e. The van der Waals surface area contributed by atoms with Gasteiger partial charge in [-0.1, -0.05) is 168 Å². The van der Waals surface area contributed by atoms with Crippen LogP contribution in [0.3, 0.4) is 0 Å². The van der Waals surface area contributed by atoms with Gasteiger partial charge in [-0.15, -0.1) is 0 Å². The van der Waals surface area contributed by atoms with E-state index in [1.807, 2.05) is 0 Å². The van der Waals surface area contributed by atoms with Gasteiger partial charge >= 0.3 is 0 Å². The van der Waals surface area contributed by atoms with Crippen molar-refractivity contribution in [3.8, 4) is 0 Å². The number of hydrogen-bond donors (Lipinski definition) is 2. The smallest absolute Gasteiger partial charge is 0.221 e. The van der Waals surface area contributed by atoms with Crippen LogP contribution in [0.25, 0.3) is 0 Å². The third-order valence-corrected chi connectivity index (χ3v) is 7.59. The molecule has 0 aromatic heterocycles. The van der Waals surface area contributed by atoms with Gasteiger partial charge in [-0.25, -0.2) is 0 Å². The number of carbonyl (C=O) groups excluding carboxylic acids is 2. The molecule has 0 aliphatic rings. The summed E-state index contributed by atoms with van der Waals surface area (Å²) in [6.07, 6.45) is 35.3. The van der Waals surface area contributed by atoms with E-state index in [2.05, 4.69) is 24.5 Å². The summed E-state index contributed by atoms with van der Waals surface area (Å²) >= 11 is 0. The average molecular weight is 523 g/mol. The highest BCUT2D eigenvalue weighted by Gasteiger charge is 2.04. The molecular formula is C33H66N2O2. The maximum atomic E-state index is 11.9. The molecule has 220 valence electrons. The zero-order valence-electron chi connectivity index (χ0n) is 25.3. The molecule has 4 nitrogen and oxygen atoms in total. The van der Waals surface area contributed by atoms with Crippen LogP contribution in [0.4, 0.5) is 0 Å². The molecule has 0 spiro atoms. The minimum atomic E-state index is 0.0596. The Kier molecular flexibility index (Phi) is 30.3. The summed E-state index contributed by atoms with van der Waals surface area (Å²) < 4.78 is 0. The normalized spacial score (nSPS) is 11.1. The summed E-state index contributed by atoms with van der Waals surface area (Å²) in [5, 5.41) is 5.67. The van der Waals surface area contributed by atoms with Gasteiger partial charge in [-0.2, -0.15) is 0 Å². The molecule has 0 saturated heterocycles. The third kappa shape index (κ3) is 31.1. The SMILES string of the molecule is CCCCCCCCCCCCCCCC(=O)NCNC(=O)CCCCCCCCCCCCCCC. The van der Waals surface area contributed by atoms with Crippen LogP contribution in [-0.2, 0) is 9.59 Å². The third-order valence-electron chi connectivity index (χ3n) is 7.59. The van der Waals surface area contributed by atoms with Crippen molar-refractivity contribution < 1.29 is 9.59 Å². The van der Waals surface area contributed by atoms with Crippen LogP contribution in [0.5, 0.6) is 0 Å². The first-order valence-corrected chi connectivity index (χ1v) is 16.7. The van der Waals surface area contributed by atoms with Crippen LogP contribution in [0, 0.1) is 0 Å². The molecule has 37 heavy (non-hydrogen) atoms. The Balaban J connectivity index is 3.27. The molecule has 0 fully saturated rings. The molecule has 0 atom stereocenters. The van der Waals surface area contributed by atoms with E-state index in [0.717, 1.165) is 25.7 Å². The lowest BCUT2D eigenvalue weighted by Crippen LogP contribution is -2.37. The maximum absolute atomic E-state index is 11.9. The molecule has 2 amide bonds. The Morgan fingerprint density at radius 1 is 0.351 bits per heavy atom. The Hall–Kier alpha value is -1.06. The van der Waals surface area contributed by atoms with Crippen LogP contribution < -0.4 is 10.6 Å². The first-order chi connectivity index (χ1) is 18.2. The molecule has 0 aliphatic heterocycles. The van der Waals surface area contributed by atoms with E-state index in [9.17, 15) is 9.59 Å². The summed E-state index contributed by atoms with van der Waals surface area (Å²) in [5.41, 5.74) is 0. The van der Waals surface area contributed by atoms with E-state index in [4.69, 9.17) is 0 Å². The molecule has 0 saturated carbocycles. The quantitative estimate of drug-likeness (QED) is 0.0728. The van der Waals surface area contributed by atoms with Gasteiger partial charge in [0.2, 0.25) is 11.8 Å². The summed E-state index contributed by atoms with van der Waals surface area (Å²) in [7, 11) is 0. The van der Waals surface area contributed by atoms with E-state index >= 15 is 0 Å². The second kappa shape index (κ2) is 31.2. The van der Waals surface area contributed by atoms with E-state index in [-0.39, 0.29) is 18.5 Å². The molecule has 0 heterocycles. The van der Waals surface area contributed by atoms with Crippen LogP contribution in [-0.4, -0.2) is 18.5 Å². The highest BCUT2D eigenvalue weighted by atomic mass is 16.2. The van der Waals surface area contributed by atoms with Crippen LogP contribution >= 0.6 is 0 Å². The highest BCUT2D eigenvalue weighted by Crippen LogP contribution is 2.14. The number of rotatable bonds is 30. The van der Waals surface area contributed by atoms with Crippen molar-refractivity contribution in [3.05, 3.63) is 0 Å². The number of unbranched alkanes of at least 4 members (excludes halogenated alkanes) is 24. The van der Waals surface area contributed by atoms with Gasteiger partial charge in [-0.3, -0.25) is 9.59 Å². The summed E-state index contributed by atoms with van der Waals surface area (Å²) in [5.74, 6) is 0.119. The summed E-state index contributed by atoms with van der Waals surface area (Å²) in [4.78, 5) is 23.9. The monoisotopic (exact) mass is 523 g/mol. The van der Waals surface area contributed by atoms with Gasteiger partial charge in [0.05, 0.1) is 6.67 Å². The van der Waals surface area contributed by atoms with E-state index in [1.165, 1.54) is 141 Å². The molecule has 0 radical (unpaired) electrons. The molecule has 0 aromatic carbocycles. The number of amides is 2. The van der Waals surface area contributed by atoms with Gasteiger partial charge in [0.1, 0.15) is 0 Å². The minimum absolute atomic E-state index is 0.0596. The zero-order valence-corrected chi connectivity index (χ0v) is 25.3. The standard InChI is InChI=1S/C33H66N2O2/c1-3-5-7-9-11-13-15-17-19-21-23-25-27-29-32(36)34-31-35-33(37)30-28-26-24-22-20-18-16-14-12-10-8-6-4-2/h3-31H2,1-2H3,(H,34,36)(H,35,37). The lowest BCUT2D eigenvalue weighted by atomic mass is 10.0. The van der Waals surface area contributed by atoms with Gasteiger partial charge < -0.3 is 10.6 Å². The number of carbonyl (C=O) groups is 2. The Morgan fingerprint density at radius 2 is 0.568 bits per heavy atom. The van der Waals surface area contributed by atoms with Crippen molar-refractivity contribution in [2.45, 2.75) is 194 Å². The lowest BCUT2D eigenvalue weighted by molar-refractivity contribution is -0.123. The first kappa shape index (κ1) is 35.9. The largest absolute Gasteiger partial charge is 0.339 e. The highest BCUT2D eigenvalue weighted by molar-refractivity contribution is 5.78. The average Bonchev–Trinajstić information content (AvgIpc) is 2.89. The number of hydrogen-bond acceptors (Lipinski definition) is 2. The fourth-order valence-electron chi connectivity index (χ4n) is 5.02. The van der Waals surface area contributed by atoms with Crippen molar-refractivity contribution >= 4 is 11.8 Å². The fourth-order valence-corrected chi connectivity index (χ4v) is 5.02. The second-order valence-electron chi connectivity index (χ2n) is 11.4. The van der Waals surface area contributed by atoms with Crippen LogP contribution in [0.15, 0.2) is 0 Å². The predicted molar refractivity (Wildman–Crippen MR) is 162 cm³/mol. The second-order valence-corrected chi connectivity index (χ2v) is 11.4. The molecular weight excluding hydrogens is 456 g/mol. The van der Waals surface area contributed by atoms with Gasteiger partial charge in [-0.05, 0) is 12.8 Å². The van der Waals surface area contributed by atoms with Crippen molar-refractivity contribution in [2.75, 3.05) is 6.67 Å². The van der Waals surface area contributed by atoms with Crippen LogP contribution in [0.2, 0.25) is 0 Å². The molecule has 0 bridgehead atoms. The van der Waals surface area contributed by atoms with Crippen LogP contribution in [0.1, 0.15) is 194 Å². The molecule has 0 aliphatic carbocycles. The lowest BCUT2D eigenvalue weighted by Gasteiger charge is -2.08. The predicted octanol–water partition coefficient (Wildman–Crippen LogP) is 10.1. The van der Waals surface area contributed by atoms with Gasteiger partial charge in [0.25, 0.3) is 0 Å².